The van der Waals surface area contributed by atoms with Gasteiger partial charge in [-0.2, -0.15) is 0 Å². The second-order valence-corrected chi connectivity index (χ2v) is 5.94. The average molecular weight is 383 g/mol. The molecule has 4 nitrogen and oxygen atoms in total. The molecule has 0 aliphatic rings. The largest absolute Gasteiger partial charge is 0.337 e. The monoisotopic (exact) mass is 381 g/mol. The molecule has 7 heteroatoms. The van der Waals surface area contributed by atoms with Gasteiger partial charge in [-0.1, -0.05) is 43.1 Å². The van der Waals surface area contributed by atoms with Gasteiger partial charge in [0.15, 0.2) is 0 Å². The fourth-order valence-corrected chi connectivity index (χ4v) is 2.55. The molecule has 0 aliphatic heterocycles. The number of benzene rings is 1. The van der Waals surface area contributed by atoms with Gasteiger partial charge in [-0.15, -0.1) is 12.4 Å². The smallest absolute Gasteiger partial charge is 0.224 e. The average Bonchev–Trinajstić information content (AvgIpc) is 2.50. The molecule has 0 atom stereocenters. The Labute approximate surface area is 155 Å². The fraction of sp³-hybridized carbons (Fsp3) is 0.562. The van der Waals surface area contributed by atoms with E-state index in [9.17, 15) is 4.79 Å². The van der Waals surface area contributed by atoms with E-state index < -0.39 is 0 Å². The van der Waals surface area contributed by atoms with Crippen LogP contribution in [0.2, 0.25) is 10.0 Å². The minimum Gasteiger partial charge on any atom is -0.337 e. The summed E-state index contributed by atoms with van der Waals surface area (Å²) in [6, 6.07) is 5.47. The summed E-state index contributed by atoms with van der Waals surface area (Å²) in [6.07, 6.45) is 0.361. The zero-order valence-corrected chi connectivity index (χ0v) is 16.1. The number of amides is 1. The van der Waals surface area contributed by atoms with Crippen molar-refractivity contribution in [2.24, 2.45) is 5.73 Å². The van der Waals surface area contributed by atoms with Crippen LogP contribution in [0.15, 0.2) is 18.2 Å². The minimum atomic E-state index is 0. The van der Waals surface area contributed by atoms with Gasteiger partial charge in [0, 0.05) is 32.6 Å². The second-order valence-electron chi connectivity index (χ2n) is 5.13. The molecule has 0 saturated heterocycles. The van der Waals surface area contributed by atoms with E-state index in [4.69, 9.17) is 28.9 Å². The molecule has 132 valence electrons. The summed E-state index contributed by atoms with van der Waals surface area (Å²) in [4.78, 5) is 16.4. The molecule has 0 spiro atoms. The molecule has 2 N–H and O–H groups in total. The molecule has 0 aromatic heterocycles. The van der Waals surface area contributed by atoms with Crippen LogP contribution < -0.4 is 5.73 Å². The van der Waals surface area contributed by atoms with Gasteiger partial charge in [-0.25, -0.2) is 0 Å². The van der Waals surface area contributed by atoms with Crippen molar-refractivity contribution in [1.82, 2.24) is 9.80 Å². The maximum Gasteiger partial charge on any atom is 0.224 e. The Morgan fingerprint density at radius 3 is 2.30 bits per heavy atom. The van der Waals surface area contributed by atoms with Crippen LogP contribution in [0.5, 0.6) is 0 Å². The molecular weight excluding hydrogens is 357 g/mol. The molecule has 0 heterocycles. The third kappa shape index (κ3) is 7.73. The molecule has 0 radical (unpaired) electrons. The Morgan fingerprint density at radius 1 is 1.13 bits per heavy atom. The van der Waals surface area contributed by atoms with Gasteiger partial charge in [0.1, 0.15) is 0 Å². The van der Waals surface area contributed by atoms with Crippen LogP contribution in [-0.4, -0.2) is 48.4 Å². The lowest BCUT2D eigenvalue weighted by molar-refractivity contribution is -0.131. The summed E-state index contributed by atoms with van der Waals surface area (Å²) in [7, 11) is 0. The van der Waals surface area contributed by atoms with E-state index >= 15 is 0 Å². The maximum absolute atomic E-state index is 12.3. The van der Waals surface area contributed by atoms with Crippen molar-refractivity contribution in [2.75, 3.05) is 32.7 Å². The SMILES string of the molecule is CCN(CC)CCN(Cc1ccc(Cl)c(Cl)c1)C(=O)CCN.Cl. The molecule has 23 heavy (non-hydrogen) atoms. The Bertz CT molecular complexity index is 482. The lowest BCUT2D eigenvalue weighted by Crippen LogP contribution is -2.39. The Balaban J connectivity index is 0.00000484. The molecule has 0 bridgehead atoms. The highest BCUT2D eigenvalue weighted by molar-refractivity contribution is 6.42. The van der Waals surface area contributed by atoms with Crippen molar-refractivity contribution >= 4 is 41.5 Å². The molecule has 0 saturated carbocycles. The molecule has 1 aromatic carbocycles. The topological polar surface area (TPSA) is 49.6 Å². The van der Waals surface area contributed by atoms with E-state index in [-0.39, 0.29) is 18.3 Å². The Kier molecular flexibility index (Phi) is 11.7. The van der Waals surface area contributed by atoms with Crippen LogP contribution in [0, 0.1) is 0 Å². The summed E-state index contributed by atoms with van der Waals surface area (Å²) in [5.41, 5.74) is 6.49. The second kappa shape index (κ2) is 11.9. The number of nitrogens with zero attached hydrogens (tertiary/aromatic N) is 2. The molecule has 0 unspecified atom stereocenters. The van der Waals surface area contributed by atoms with Crippen LogP contribution in [0.25, 0.3) is 0 Å². The van der Waals surface area contributed by atoms with Crippen molar-refractivity contribution in [3.63, 3.8) is 0 Å². The van der Waals surface area contributed by atoms with E-state index in [1.165, 1.54) is 0 Å². The number of hydrogen-bond donors (Lipinski definition) is 1. The van der Waals surface area contributed by atoms with E-state index in [1.807, 2.05) is 17.0 Å². The van der Waals surface area contributed by atoms with Gasteiger partial charge in [-0.3, -0.25) is 4.79 Å². The number of carbonyl (C=O) groups is 1. The van der Waals surface area contributed by atoms with Gasteiger partial charge >= 0.3 is 0 Å². The first kappa shape index (κ1) is 22.5. The summed E-state index contributed by atoms with van der Waals surface area (Å²) in [5, 5.41) is 1.03. The number of nitrogens with two attached hydrogens (primary N) is 1. The van der Waals surface area contributed by atoms with E-state index in [2.05, 4.69) is 18.7 Å². The van der Waals surface area contributed by atoms with Crippen molar-refractivity contribution in [1.29, 1.82) is 0 Å². The van der Waals surface area contributed by atoms with E-state index in [1.54, 1.807) is 6.07 Å². The summed E-state index contributed by atoms with van der Waals surface area (Å²) < 4.78 is 0. The first-order valence-corrected chi connectivity index (χ1v) is 8.41. The van der Waals surface area contributed by atoms with Crippen molar-refractivity contribution in [3.8, 4) is 0 Å². The number of rotatable bonds is 9. The predicted octanol–water partition coefficient (Wildman–Crippen LogP) is 3.43. The number of likely N-dealkylation sites (N-methyl/N-ethyl adjacent to an activating group) is 1. The lowest BCUT2D eigenvalue weighted by Gasteiger charge is -2.26. The summed E-state index contributed by atoms with van der Waals surface area (Å²) in [6.45, 7) is 8.61. The van der Waals surface area contributed by atoms with Crippen LogP contribution in [0.4, 0.5) is 0 Å². The van der Waals surface area contributed by atoms with Crippen molar-refractivity contribution in [3.05, 3.63) is 33.8 Å². The highest BCUT2D eigenvalue weighted by Crippen LogP contribution is 2.23. The molecule has 1 rings (SSSR count). The third-order valence-corrected chi connectivity index (χ3v) is 4.39. The normalized spacial score (nSPS) is 10.5. The van der Waals surface area contributed by atoms with Crippen LogP contribution in [-0.2, 0) is 11.3 Å². The highest BCUT2D eigenvalue weighted by atomic mass is 35.5. The molecular formula is C16H26Cl3N3O. The Morgan fingerprint density at radius 2 is 1.78 bits per heavy atom. The van der Waals surface area contributed by atoms with Crippen LogP contribution in [0.1, 0.15) is 25.8 Å². The van der Waals surface area contributed by atoms with Crippen molar-refractivity contribution < 1.29 is 4.79 Å². The molecule has 1 amide bonds. The fourth-order valence-electron chi connectivity index (χ4n) is 2.23. The number of halogens is 3. The van der Waals surface area contributed by atoms with Gasteiger partial charge in [0.25, 0.3) is 0 Å². The van der Waals surface area contributed by atoms with Crippen LogP contribution in [0.3, 0.4) is 0 Å². The minimum absolute atomic E-state index is 0. The Hall–Kier alpha value is -0.520. The standard InChI is InChI=1S/C16H25Cl2N3O.ClH/c1-3-20(4-2)9-10-21(16(22)7-8-19)12-13-5-6-14(17)15(18)11-13;/h5-6,11H,3-4,7-10,12,19H2,1-2H3;1H. The maximum atomic E-state index is 12.3. The molecule has 0 aliphatic carbocycles. The van der Waals surface area contributed by atoms with Gasteiger partial charge < -0.3 is 15.5 Å². The van der Waals surface area contributed by atoms with Gasteiger partial charge in [0.2, 0.25) is 5.91 Å². The quantitative estimate of drug-likeness (QED) is 0.712. The number of hydrogen-bond acceptors (Lipinski definition) is 3. The van der Waals surface area contributed by atoms with Gasteiger partial charge in [-0.05, 0) is 30.8 Å². The molecule has 1 aromatic rings. The van der Waals surface area contributed by atoms with E-state index in [0.29, 0.717) is 36.1 Å². The zero-order valence-electron chi connectivity index (χ0n) is 13.7. The zero-order chi connectivity index (χ0) is 16.5. The first-order valence-electron chi connectivity index (χ1n) is 7.65. The van der Waals surface area contributed by atoms with Gasteiger partial charge in [0.05, 0.1) is 10.0 Å². The molecule has 0 fully saturated rings. The third-order valence-electron chi connectivity index (χ3n) is 3.65. The number of carbonyl (C=O) groups excluding carboxylic acids is 1. The lowest BCUT2D eigenvalue weighted by atomic mass is 10.2. The summed E-state index contributed by atoms with van der Waals surface area (Å²) in [5.74, 6) is 0.0701. The predicted molar refractivity (Wildman–Crippen MR) is 101 cm³/mol. The summed E-state index contributed by atoms with van der Waals surface area (Å²) >= 11 is 12.0. The van der Waals surface area contributed by atoms with E-state index in [0.717, 1.165) is 25.2 Å². The van der Waals surface area contributed by atoms with Crippen LogP contribution >= 0.6 is 35.6 Å². The van der Waals surface area contributed by atoms with Crippen molar-refractivity contribution in [2.45, 2.75) is 26.8 Å². The highest BCUT2D eigenvalue weighted by Gasteiger charge is 2.15. The first-order chi connectivity index (χ1) is 10.5.